The first-order chi connectivity index (χ1) is 8.19. The third-order valence-electron chi connectivity index (χ3n) is 3.62. The van der Waals surface area contributed by atoms with E-state index in [1.807, 2.05) is 0 Å². The minimum atomic E-state index is 0.332. The first-order valence-electron chi connectivity index (χ1n) is 6.30. The number of hydrogen-bond acceptors (Lipinski definition) is 3. The zero-order chi connectivity index (χ0) is 12.3. The van der Waals surface area contributed by atoms with Gasteiger partial charge in [0.1, 0.15) is 0 Å². The van der Waals surface area contributed by atoms with Crippen molar-refractivity contribution < 1.29 is 0 Å². The monoisotopic (exact) mass is 250 g/mol. The number of nitrogens with two attached hydrogens (primary N) is 1. The Labute approximate surface area is 109 Å². The molecule has 2 unspecified atom stereocenters. The van der Waals surface area contributed by atoms with E-state index >= 15 is 0 Å². The van der Waals surface area contributed by atoms with Crippen LogP contribution in [0.1, 0.15) is 18.9 Å². The fraction of sp³-hybridized carbons (Fsp3) is 0.571. The Morgan fingerprint density at radius 1 is 1.41 bits per heavy atom. The van der Waals surface area contributed by atoms with Crippen LogP contribution < -0.4 is 5.73 Å². The van der Waals surface area contributed by atoms with Crippen LogP contribution in [0.2, 0.25) is 0 Å². The molecule has 2 rings (SSSR count). The topological polar surface area (TPSA) is 29.3 Å². The van der Waals surface area contributed by atoms with Crippen molar-refractivity contribution in [2.45, 2.75) is 30.8 Å². The molecule has 94 valence electrons. The Balaban J connectivity index is 1.89. The predicted octanol–water partition coefficient (Wildman–Crippen LogP) is 2.58. The summed E-state index contributed by atoms with van der Waals surface area (Å²) in [6.45, 7) is 5.54. The van der Waals surface area contributed by atoms with Gasteiger partial charge in [0.2, 0.25) is 0 Å². The lowest BCUT2D eigenvalue weighted by Gasteiger charge is -2.17. The van der Waals surface area contributed by atoms with Gasteiger partial charge < -0.3 is 5.73 Å². The predicted molar refractivity (Wildman–Crippen MR) is 75.3 cm³/mol. The first-order valence-corrected chi connectivity index (χ1v) is 7.52. The number of hydrogen-bond donors (Lipinski definition) is 1. The minimum absolute atomic E-state index is 0.332. The molecule has 2 atom stereocenters. The van der Waals surface area contributed by atoms with Gasteiger partial charge in [0.25, 0.3) is 0 Å². The second-order valence-electron chi connectivity index (χ2n) is 4.99. The Morgan fingerprint density at radius 3 is 2.65 bits per heavy atom. The summed E-state index contributed by atoms with van der Waals surface area (Å²) < 4.78 is 0. The summed E-state index contributed by atoms with van der Waals surface area (Å²) in [5, 5.41) is 0. The lowest BCUT2D eigenvalue weighted by Crippen LogP contribution is -2.29. The fourth-order valence-electron chi connectivity index (χ4n) is 2.42. The Hall–Kier alpha value is -0.510. The van der Waals surface area contributed by atoms with Gasteiger partial charge in [0.05, 0.1) is 0 Å². The van der Waals surface area contributed by atoms with Crippen molar-refractivity contribution in [2.75, 3.05) is 19.3 Å². The quantitative estimate of drug-likeness (QED) is 0.833. The molecule has 1 aromatic carbocycles. The van der Waals surface area contributed by atoms with Gasteiger partial charge in [-0.15, -0.1) is 11.8 Å². The van der Waals surface area contributed by atoms with Gasteiger partial charge in [-0.25, -0.2) is 0 Å². The number of benzene rings is 1. The molecule has 1 fully saturated rings. The van der Waals surface area contributed by atoms with Crippen LogP contribution in [0, 0.1) is 5.92 Å². The van der Waals surface area contributed by atoms with Crippen molar-refractivity contribution in [1.29, 1.82) is 0 Å². The van der Waals surface area contributed by atoms with Crippen LogP contribution in [0.25, 0.3) is 0 Å². The average Bonchev–Trinajstić information content (AvgIpc) is 2.79. The zero-order valence-corrected chi connectivity index (χ0v) is 11.5. The lowest BCUT2D eigenvalue weighted by atomic mass is 10.0. The molecule has 0 aromatic heterocycles. The molecule has 2 N–H and O–H groups in total. The van der Waals surface area contributed by atoms with E-state index in [2.05, 4.69) is 42.3 Å². The normalized spacial score (nSPS) is 22.9. The molecule has 1 saturated heterocycles. The molecule has 0 saturated carbocycles. The minimum Gasteiger partial charge on any atom is -0.328 e. The molecule has 1 aromatic rings. The van der Waals surface area contributed by atoms with E-state index in [0.717, 1.165) is 13.1 Å². The van der Waals surface area contributed by atoms with Crippen molar-refractivity contribution in [3.05, 3.63) is 29.8 Å². The van der Waals surface area contributed by atoms with E-state index in [1.54, 1.807) is 11.8 Å². The third-order valence-corrected chi connectivity index (χ3v) is 4.36. The molecule has 1 aliphatic rings. The van der Waals surface area contributed by atoms with Crippen LogP contribution in [0.15, 0.2) is 29.2 Å². The van der Waals surface area contributed by atoms with E-state index < -0.39 is 0 Å². The van der Waals surface area contributed by atoms with E-state index in [-0.39, 0.29) is 0 Å². The van der Waals surface area contributed by atoms with Crippen molar-refractivity contribution >= 4 is 11.8 Å². The highest BCUT2D eigenvalue weighted by Crippen LogP contribution is 2.21. The summed E-state index contributed by atoms with van der Waals surface area (Å²) in [7, 11) is 0. The standard InChI is InChI=1S/C14H22N2S/c1-11(15)13-7-8-16(10-13)9-12-3-5-14(17-2)6-4-12/h3-6,11,13H,7-10,15H2,1-2H3. The summed E-state index contributed by atoms with van der Waals surface area (Å²) in [6.07, 6.45) is 3.36. The van der Waals surface area contributed by atoms with Gasteiger partial charge in [0.15, 0.2) is 0 Å². The molecule has 0 spiro atoms. The highest BCUT2D eigenvalue weighted by Gasteiger charge is 2.24. The van der Waals surface area contributed by atoms with Crippen LogP contribution in [-0.4, -0.2) is 30.3 Å². The number of likely N-dealkylation sites (tertiary alicyclic amines) is 1. The molecule has 0 bridgehead atoms. The van der Waals surface area contributed by atoms with Crippen molar-refractivity contribution in [1.82, 2.24) is 4.90 Å². The summed E-state index contributed by atoms with van der Waals surface area (Å²) in [5.74, 6) is 0.681. The molecular weight excluding hydrogens is 228 g/mol. The Bertz CT molecular complexity index is 348. The molecule has 17 heavy (non-hydrogen) atoms. The molecule has 2 nitrogen and oxygen atoms in total. The maximum absolute atomic E-state index is 5.96. The largest absolute Gasteiger partial charge is 0.328 e. The Kier molecular flexibility index (Phi) is 4.48. The number of rotatable bonds is 4. The van der Waals surface area contributed by atoms with Crippen LogP contribution >= 0.6 is 11.8 Å². The third kappa shape index (κ3) is 3.47. The van der Waals surface area contributed by atoms with Crippen molar-refractivity contribution in [3.8, 4) is 0 Å². The maximum Gasteiger partial charge on any atom is 0.0233 e. The zero-order valence-electron chi connectivity index (χ0n) is 10.7. The Morgan fingerprint density at radius 2 is 2.12 bits per heavy atom. The molecule has 0 radical (unpaired) electrons. The van der Waals surface area contributed by atoms with E-state index in [0.29, 0.717) is 12.0 Å². The summed E-state index contributed by atoms with van der Waals surface area (Å²) >= 11 is 1.79. The summed E-state index contributed by atoms with van der Waals surface area (Å²) in [6, 6.07) is 9.23. The SMILES string of the molecule is CSc1ccc(CN2CCC(C(C)N)C2)cc1. The highest BCUT2D eigenvalue weighted by molar-refractivity contribution is 7.98. The number of nitrogens with zero attached hydrogens (tertiary/aromatic N) is 1. The summed E-state index contributed by atoms with van der Waals surface area (Å²) in [4.78, 5) is 3.85. The van der Waals surface area contributed by atoms with Crippen molar-refractivity contribution in [3.63, 3.8) is 0 Å². The van der Waals surface area contributed by atoms with Crippen molar-refractivity contribution in [2.24, 2.45) is 11.7 Å². The molecule has 0 amide bonds. The molecule has 1 heterocycles. The second-order valence-corrected chi connectivity index (χ2v) is 5.87. The number of thioether (sulfide) groups is 1. The smallest absolute Gasteiger partial charge is 0.0233 e. The highest BCUT2D eigenvalue weighted by atomic mass is 32.2. The van der Waals surface area contributed by atoms with Crippen LogP contribution in [0.4, 0.5) is 0 Å². The average molecular weight is 250 g/mol. The van der Waals surface area contributed by atoms with E-state index in [9.17, 15) is 0 Å². The van der Waals surface area contributed by atoms with Gasteiger partial charge >= 0.3 is 0 Å². The van der Waals surface area contributed by atoms with Gasteiger partial charge in [0, 0.05) is 24.0 Å². The molecule has 3 heteroatoms. The van der Waals surface area contributed by atoms with Gasteiger partial charge in [-0.05, 0) is 49.8 Å². The summed E-state index contributed by atoms with van der Waals surface area (Å²) in [5.41, 5.74) is 7.37. The van der Waals surface area contributed by atoms with Crippen LogP contribution in [0.5, 0.6) is 0 Å². The lowest BCUT2D eigenvalue weighted by molar-refractivity contribution is 0.308. The van der Waals surface area contributed by atoms with E-state index in [1.165, 1.54) is 23.4 Å². The first kappa shape index (κ1) is 12.9. The van der Waals surface area contributed by atoms with Gasteiger partial charge in [-0.1, -0.05) is 12.1 Å². The van der Waals surface area contributed by atoms with Crippen LogP contribution in [-0.2, 0) is 6.54 Å². The molecule has 0 aliphatic carbocycles. The fourth-order valence-corrected chi connectivity index (χ4v) is 2.83. The molecule has 1 aliphatic heterocycles. The van der Waals surface area contributed by atoms with Gasteiger partial charge in [-0.2, -0.15) is 0 Å². The second kappa shape index (κ2) is 5.89. The molecular formula is C14H22N2S. The maximum atomic E-state index is 5.96. The van der Waals surface area contributed by atoms with E-state index in [4.69, 9.17) is 5.73 Å². The van der Waals surface area contributed by atoms with Gasteiger partial charge in [-0.3, -0.25) is 4.90 Å². The van der Waals surface area contributed by atoms with Crippen LogP contribution in [0.3, 0.4) is 0 Å².